The Hall–Kier alpha value is -2.07. The van der Waals surface area contributed by atoms with Gasteiger partial charge < -0.3 is 10.1 Å². The first kappa shape index (κ1) is 16.8. The van der Waals surface area contributed by atoms with Gasteiger partial charge in [0.1, 0.15) is 10.9 Å². The fourth-order valence-electron chi connectivity index (χ4n) is 2.89. The van der Waals surface area contributed by atoms with Crippen LogP contribution in [0.4, 0.5) is 0 Å². The second-order valence-electron chi connectivity index (χ2n) is 6.07. The third-order valence-electron chi connectivity index (χ3n) is 4.22. The molecule has 1 fully saturated rings. The van der Waals surface area contributed by atoms with Gasteiger partial charge in [-0.3, -0.25) is 4.79 Å². The van der Waals surface area contributed by atoms with E-state index in [1.54, 1.807) is 12.1 Å². The van der Waals surface area contributed by atoms with Gasteiger partial charge in [0.25, 0.3) is 5.91 Å². The molecule has 24 heavy (non-hydrogen) atoms. The summed E-state index contributed by atoms with van der Waals surface area (Å²) in [6.45, 7) is 0.461. The number of carbonyl (C=O) groups is 1. The molecule has 0 saturated heterocycles. The Morgan fingerprint density at radius 1 is 1.17 bits per heavy atom. The van der Waals surface area contributed by atoms with Crippen LogP contribution in [-0.2, 0) is 6.54 Å². The molecule has 2 aromatic rings. The average molecular weight is 345 g/mol. The number of pyridine rings is 1. The minimum Gasteiger partial charge on any atom is -0.490 e. The maximum Gasteiger partial charge on any atom is 0.251 e. The van der Waals surface area contributed by atoms with Crippen molar-refractivity contribution in [3.05, 3.63) is 58.9 Å². The van der Waals surface area contributed by atoms with E-state index in [-0.39, 0.29) is 5.91 Å². The number of benzene rings is 1. The van der Waals surface area contributed by atoms with Gasteiger partial charge in [0.2, 0.25) is 0 Å². The van der Waals surface area contributed by atoms with E-state index in [0.717, 1.165) is 24.2 Å². The largest absolute Gasteiger partial charge is 0.490 e. The number of hydrogen-bond acceptors (Lipinski definition) is 3. The zero-order valence-electron chi connectivity index (χ0n) is 13.5. The van der Waals surface area contributed by atoms with Crippen LogP contribution in [0.25, 0.3) is 0 Å². The van der Waals surface area contributed by atoms with E-state index in [1.807, 2.05) is 24.3 Å². The number of nitrogens with zero attached hydrogens (tertiary/aromatic N) is 1. The standard InChI is InChI=1S/C19H21ClN2O2/c20-18-12-15(10-11-21-18)19(23)22-13-14-6-8-17(9-7-14)24-16-4-2-1-3-5-16/h6-12,16H,1-5,13H2,(H,22,23). The van der Waals surface area contributed by atoms with E-state index in [4.69, 9.17) is 16.3 Å². The summed E-state index contributed by atoms with van der Waals surface area (Å²) < 4.78 is 6.01. The Kier molecular flexibility index (Phi) is 5.70. The van der Waals surface area contributed by atoms with Crippen molar-refractivity contribution in [3.8, 4) is 5.75 Å². The fourth-order valence-corrected chi connectivity index (χ4v) is 3.06. The molecule has 4 nitrogen and oxygen atoms in total. The lowest BCUT2D eigenvalue weighted by molar-refractivity contribution is 0.0951. The summed E-state index contributed by atoms with van der Waals surface area (Å²) in [5.74, 6) is 0.736. The lowest BCUT2D eigenvalue weighted by atomic mass is 9.98. The van der Waals surface area contributed by atoms with Gasteiger partial charge in [0.15, 0.2) is 0 Å². The van der Waals surface area contributed by atoms with Crippen LogP contribution in [0.1, 0.15) is 48.0 Å². The molecule has 126 valence electrons. The number of rotatable bonds is 5. The zero-order valence-corrected chi connectivity index (χ0v) is 14.3. The van der Waals surface area contributed by atoms with Gasteiger partial charge in [-0.05, 0) is 55.5 Å². The number of aromatic nitrogens is 1. The molecular formula is C19H21ClN2O2. The Balaban J connectivity index is 1.51. The van der Waals surface area contributed by atoms with E-state index >= 15 is 0 Å². The summed E-state index contributed by atoms with van der Waals surface area (Å²) in [4.78, 5) is 15.9. The van der Waals surface area contributed by atoms with Crippen LogP contribution in [0, 0.1) is 0 Å². The first-order valence-corrected chi connectivity index (χ1v) is 8.74. The molecule has 1 aliphatic carbocycles. The van der Waals surface area contributed by atoms with E-state index < -0.39 is 0 Å². The number of nitrogens with one attached hydrogen (secondary N) is 1. The summed E-state index contributed by atoms with van der Waals surface area (Å²) in [6, 6.07) is 11.1. The van der Waals surface area contributed by atoms with Crippen LogP contribution in [0.3, 0.4) is 0 Å². The molecule has 1 saturated carbocycles. The molecular weight excluding hydrogens is 324 g/mol. The molecule has 1 heterocycles. The number of hydrogen-bond donors (Lipinski definition) is 1. The normalized spacial score (nSPS) is 15.0. The minimum absolute atomic E-state index is 0.165. The monoisotopic (exact) mass is 344 g/mol. The highest BCUT2D eigenvalue weighted by atomic mass is 35.5. The molecule has 1 amide bonds. The van der Waals surface area contributed by atoms with E-state index in [9.17, 15) is 4.79 Å². The van der Waals surface area contributed by atoms with Crippen molar-refractivity contribution in [2.45, 2.75) is 44.8 Å². The van der Waals surface area contributed by atoms with Crippen LogP contribution in [0.2, 0.25) is 5.15 Å². The predicted octanol–water partition coefficient (Wildman–Crippen LogP) is 4.38. The third-order valence-corrected chi connectivity index (χ3v) is 4.43. The second-order valence-corrected chi connectivity index (χ2v) is 6.46. The Morgan fingerprint density at radius 2 is 1.92 bits per heavy atom. The van der Waals surface area contributed by atoms with Crippen molar-refractivity contribution in [1.29, 1.82) is 0 Å². The van der Waals surface area contributed by atoms with Crippen LogP contribution >= 0.6 is 11.6 Å². The van der Waals surface area contributed by atoms with E-state index in [1.165, 1.54) is 25.5 Å². The highest BCUT2D eigenvalue weighted by Crippen LogP contribution is 2.23. The Morgan fingerprint density at radius 3 is 2.62 bits per heavy atom. The summed E-state index contributed by atoms with van der Waals surface area (Å²) in [5.41, 5.74) is 1.53. The summed E-state index contributed by atoms with van der Waals surface area (Å²) in [7, 11) is 0. The molecule has 0 bridgehead atoms. The molecule has 0 unspecified atom stereocenters. The maximum absolute atomic E-state index is 12.1. The van der Waals surface area contributed by atoms with Crippen LogP contribution in [-0.4, -0.2) is 17.0 Å². The topological polar surface area (TPSA) is 51.2 Å². The fraction of sp³-hybridized carbons (Fsp3) is 0.368. The first-order valence-electron chi connectivity index (χ1n) is 8.36. The highest BCUT2D eigenvalue weighted by Gasteiger charge is 2.14. The number of amides is 1. The molecule has 0 spiro atoms. The predicted molar refractivity (Wildman–Crippen MR) is 94.4 cm³/mol. The number of halogens is 1. The van der Waals surface area contributed by atoms with Gasteiger partial charge in [-0.1, -0.05) is 30.2 Å². The summed E-state index contributed by atoms with van der Waals surface area (Å²) >= 11 is 5.80. The number of carbonyl (C=O) groups excluding carboxylic acids is 1. The van der Waals surface area contributed by atoms with E-state index in [2.05, 4.69) is 10.3 Å². The quantitative estimate of drug-likeness (QED) is 0.819. The van der Waals surface area contributed by atoms with Gasteiger partial charge in [0.05, 0.1) is 6.10 Å². The smallest absolute Gasteiger partial charge is 0.251 e. The van der Waals surface area contributed by atoms with Crippen molar-refractivity contribution in [2.75, 3.05) is 0 Å². The zero-order chi connectivity index (χ0) is 16.8. The van der Waals surface area contributed by atoms with Crippen LogP contribution in [0.5, 0.6) is 5.75 Å². The molecule has 0 atom stereocenters. The van der Waals surface area contributed by atoms with Gasteiger partial charge >= 0.3 is 0 Å². The van der Waals surface area contributed by atoms with Crippen molar-refractivity contribution in [1.82, 2.24) is 10.3 Å². The Bertz CT molecular complexity index is 682. The van der Waals surface area contributed by atoms with Gasteiger partial charge in [-0.25, -0.2) is 4.98 Å². The Labute approximate surface area is 147 Å². The maximum atomic E-state index is 12.1. The summed E-state index contributed by atoms with van der Waals surface area (Å²) in [5, 5.41) is 3.19. The molecule has 1 aliphatic rings. The van der Waals surface area contributed by atoms with Crippen molar-refractivity contribution in [2.24, 2.45) is 0 Å². The molecule has 1 N–H and O–H groups in total. The van der Waals surface area contributed by atoms with E-state index in [0.29, 0.717) is 23.4 Å². The lowest BCUT2D eigenvalue weighted by Gasteiger charge is -2.23. The molecule has 0 radical (unpaired) electrons. The molecule has 0 aliphatic heterocycles. The first-order chi connectivity index (χ1) is 11.7. The molecule has 3 rings (SSSR count). The van der Waals surface area contributed by atoms with Gasteiger partial charge in [-0.15, -0.1) is 0 Å². The molecule has 1 aromatic carbocycles. The van der Waals surface area contributed by atoms with Crippen molar-refractivity contribution >= 4 is 17.5 Å². The second kappa shape index (κ2) is 8.15. The van der Waals surface area contributed by atoms with Crippen LogP contribution in [0.15, 0.2) is 42.6 Å². The molecule has 1 aromatic heterocycles. The van der Waals surface area contributed by atoms with Crippen LogP contribution < -0.4 is 10.1 Å². The summed E-state index contributed by atoms with van der Waals surface area (Å²) in [6.07, 6.45) is 8.00. The minimum atomic E-state index is -0.165. The lowest BCUT2D eigenvalue weighted by Crippen LogP contribution is -2.23. The number of ether oxygens (including phenoxy) is 1. The third kappa shape index (κ3) is 4.71. The SMILES string of the molecule is O=C(NCc1ccc(OC2CCCCC2)cc1)c1ccnc(Cl)c1. The average Bonchev–Trinajstić information content (AvgIpc) is 2.62. The van der Waals surface area contributed by atoms with Gasteiger partial charge in [0, 0.05) is 18.3 Å². The highest BCUT2D eigenvalue weighted by molar-refractivity contribution is 6.29. The van der Waals surface area contributed by atoms with Crippen molar-refractivity contribution in [3.63, 3.8) is 0 Å². The van der Waals surface area contributed by atoms with Gasteiger partial charge in [-0.2, -0.15) is 0 Å². The van der Waals surface area contributed by atoms with Crippen molar-refractivity contribution < 1.29 is 9.53 Å². The molecule has 5 heteroatoms.